The van der Waals surface area contributed by atoms with Crippen LogP contribution in [0.3, 0.4) is 0 Å². The Morgan fingerprint density at radius 2 is 2.03 bits per heavy atom. The Hall–Kier alpha value is -3.42. The van der Waals surface area contributed by atoms with Crippen molar-refractivity contribution in [3.05, 3.63) is 68.0 Å². The lowest BCUT2D eigenvalue weighted by molar-refractivity contribution is 0.0742. The Labute approximate surface area is 185 Å². The predicted molar refractivity (Wildman–Crippen MR) is 122 cm³/mol. The SMILES string of the molecule is CCCn1c(=O)[nH]c(=O)c2c(C(=O)N(C)C(C)c3ccccc3OC)cc(C3CC3)nc21. The van der Waals surface area contributed by atoms with E-state index in [1.165, 1.54) is 4.57 Å². The quantitative estimate of drug-likeness (QED) is 0.613. The highest BCUT2D eigenvalue weighted by atomic mass is 16.5. The zero-order valence-electron chi connectivity index (χ0n) is 18.8. The molecular formula is C24H28N4O4. The molecule has 0 bridgehead atoms. The van der Waals surface area contributed by atoms with Crippen molar-refractivity contribution in [3.8, 4) is 5.75 Å². The van der Waals surface area contributed by atoms with Crippen molar-refractivity contribution in [1.29, 1.82) is 0 Å². The normalized spacial score (nSPS) is 14.4. The van der Waals surface area contributed by atoms with Gasteiger partial charge in [0, 0.05) is 30.8 Å². The molecule has 1 N–H and O–H groups in total. The fourth-order valence-electron chi connectivity index (χ4n) is 4.07. The monoisotopic (exact) mass is 436 g/mol. The maximum absolute atomic E-state index is 13.7. The highest BCUT2D eigenvalue weighted by Gasteiger charge is 2.30. The van der Waals surface area contributed by atoms with Gasteiger partial charge in [0.25, 0.3) is 11.5 Å². The Morgan fingerprint density at radius 3 is 2.69 bits per heavy atom. The number of nitrogens with zero attached hydrogens (tertiary/aromatic N) is 3. The van der Waals surface area contributed by atoms with E-state index in [4.69, 9.17) is 4.74 Å². The van der Waals surface area contributed by atoms with Gasteiger partial charge in [0.2, 0.25) is 0 Å². The number of aromatic amines is 1. The van der Waals surface area contributed by atoms with Crippen molar-refractivity contribution in [2.45, 2.75) is 51.6 Å². The smallest absolute Gasteiger partial charge is 0.329 e. The van der Waals surface area contributed by atoms with Crippen molar-refractivity contribution in [2.75, 3.05) is 14.2 Å². The Kier molecular flexibility index (Phi) is 5.86. The number of benzene rings is 1. The summed E-state index contributed by atoms with van der Waals surface area (Å²) in [4.78, 5) is 47.6. The van der Waals surface area contributed by atoms with Gasteiger partial charge in [-0.25, -0.2) is 9.78 Å². The van der Waals surface area contributed by atoms with Crippen LogP contribution in [0.1, 0.15) is 66.7 Å². The van der Waals surface area contributed by atoms with E-state index in [2.05, 4.69) is 9.97 Å². The van der Waals surface area contributed by atoms with Crippen LogP contribution in [0.5, 0.6) is 5.75 Å². The summed E-state index contributed by atoms with van der Waals surface area (Å²) < 4.78 is 6.93. The topological polar surface area (TPSA) is 97.3 Å². The lowest BCUT2D eigenvalue weighted by Gasteiger charge is -2.27. The largest absolute Gasteiger partial charge is 0.496 e. The van der Waals surface area contributed by atoms with Gasteiger partial charge in [0.1, 0.15) is 5.75 Å². The van der Waals surface area contributed by atoms with E-state index in [1.54, 1.807) is 25.1 Å². The molecule has 1 saturated carbocycles. The van der Waals surface area contributed by atoms with Gasteiger partial charge in [0.05, 0.1) is 24.1 Å². The van der Waals surface area contributed by atoms with Gasteiger partial charge in [0.15, 0.2) is 5.65 Å². The molecule has 0 aliphatic heterocycles. The molecule has 8 nitrogen and oxygen atoms in total. The number of para-hydroxylation sites is 1. The second-order valence-electron chi connectivity index (χ2n) is 8.31. The molecule has 1 aliphatic rings. The molecule has 0 spiro atoms. The van der Waals surface area contributed by atoms with Crippen molar-refractivity contribution >= 4 is 16.9 Å². The summed E-state index contributed by atoms with van der Waals surface area (Å²) in [5.74, 6) is 0.643. The highest BCUT2D eigenvalue weighted by molar-refractivity contribution is 6.05. The molecule has 1 aromatic carbocycles. The summed E-state index contributed by atoms with van der Waals surface area (Å²) in [6.45, 7) is 4.27. The van der Waals surface area contributed by atoms with Gasteiger partial charge >= 0.3 is 5.69 Å². The Balaban J connectivity index is 1.87. The highest BCUT2D eigenvalue weighted by Crippen LogP contribution is 2.40. The molecule has 168 valence electrons. The third kappa shape index (κ3) is 3.81. The molecule has 32 heavy (non-hydrogen) atoms. The summed E-state index contributed by atoms with van der Waals surface area (Å²) in [6.07, 6.45) is 2.67. The fraction of sp³-hybridized carbons (Fsp3) is 0.417. The number of methoxy groups -OCH3 is 1. The molecule has 1 atom stereocenters. The summed E-state index contributed by atoms with van der Waals surface area (Å²) in [6, 6.07) is 8.97. The number of amides is 1. The number of aromatic nitrogens is 3. The van der Waals surface area contributed by atoms with Crippen LogP contribution in [0.25, 0.3) is 11.0 Å². The first-order valence-corrected chi connectivity index (χ1v) is 10.9. The number of fused-ring (bicyclic) bond motifs is 1. The van der Waals surface area contributed by atoms with E-state index in [-0.39, 0.29) is 34.5 Å². The van der Waals surface area contributed by atoms with Crippen LogP contribution in [-0.2, 0) is 6.54 Å². The summed E-state index contributed by atoms with van der Waals surface area (Å²) in [5.41, 5.74) is 1.09. The molecule has 1 fully saturated rings. The van der Waals surface area contributed by atoms with Crippen LogP contribution in [0.2, 0.25) is 0 Å². The van der Waals surface area contributed by atoms with E-state index in [9.17, 15) is 14.4 Å². The summed E-state index contributed by atoms with van der Waals surface area (Å²) >= 11 is 0. The average Bonchev–Trinajstić information content (AvgIpc) is 3.65. The zero-order valence-corrected chi connectivity index (χ0v) is 18.8. The van der Waals surface area contributed by atoms with Crippen molar-refractivity contribution in [1.82, 2.24) is 19.4 Å². The maximum atomic E-state index is 13.7. The number of pyridine rings is 1. The first-order chi connectivity index (χ1) is 15.4. The first-order valence-electron chi connectivity index (χ1n) is 10.9. The van der Waals surface area contributed by atoms with Gasteiger partial charge < -0.3 is 9.64 Å². The van der Waals surface area contributed by atoms with Crippen LogP contribution < -0.4 is 16.0 Å². The molecule has 2 aromatic heterocycles. The number of hydrogen-bond acceptors (Lipinski definition) is 5. The Morgan fingerprint density at radius 1 is 1.31 bits per heavy atom. The molecule has 1 amide bonds. The molecule has 8 heteroatoms. The number of rotatable bonds is 7. The van der Waals surface area contributed by atoms with Crippen LogP contribution >= 0.6 is 0 Å². The number of aryl methyl sites for hydroxylation is 1. The van der Waals surface area contributed by atoms with Crippen LogP contribution in [0.15, 0.2) is 39.9 Å². The van der Waals surface area contributed by atoms with E-state index in [1.807, 2.05) is 38.1 Å². The van der Waals surface area contributed by atoms with E-state index >= 15 is 0 Å². The zero-order chi connectivity index (χ0) is 23.0. The third-order valence-electron chi connectivity index (χ3n) is 6.13. The van der Waals surface area contributed by atoms with Gasteiger partial charge in [-0.15, -0.1) is 0 Å². The standard InChI is InChI=1S/C24H28N4O4/c1-5-12-28-21-20(22(29)26-24(28)31)17(13-18(25-21)15-10-11-15)23(30)27(3)14(2)16-8-6-7-9-19(16)32-4/h6-9,13-15H,5,10-12H2,1-4H3,(H,26,29,31). The van der Waals surface area contributed by atoms with Crippen molar-refractivity contribution in [3.63, 3.8) is 0 Å². The Bertz CT molecular complexity index is 1290. The number of hydrogen-bond donors (Lipinski definition) is 1. The fourth-order valence-corrected chi connectivity index (χ4v) is 4.07. The molecule has 0 radical (unpaired) electrons. The number of carbonyl (C=O) groups excluding carboxylic acids is 1. The average molecular weight is 437 g/mol. The number of H-pyrrole nitrogens is 1. The molecular weight excluding hydrogens is 408 g/mol. The second-order valence-corrected chi connectivity index (χ2v) is 8.31. The summed E-state index contributed by atoms with van der Waals surface area (Å²) in [7, 11) is 3.30. The molecule has 2 heterocycles. The van der Waals surface area contributed by atoms with Crippen LogP contribution in [0, 0.1) is 0 Å². The van der Waals surface area contributed by atoms with Crippen LogP contribution in [-0.4, -0.2) is 39.5 Å². The van der Waals surface area contributed by atoms with E-state index in [0.29, 0.717) is 18.7 Å². The first kappa shape index (κ1) is 21.8. The maximum Gasteiger partial charge on any atom is 0.329 e. The van der Waals surface area contributed by atoms with Gasteiger partial charge in [-0.05, 0) is 38.3 Å². The minimum absolute atomic E-state index is 0.159. The second kappa shape index (κ2) is 8.61. The van der Waals surface area contributed by atoms with Crippen molar-refractivity contribution < 1.29 is 9.53 Å². The third-order valence-corrected chi connectivity index (χ3v) is 6.13. The number of nitrogens with one attached hydrogen (secondary N) is 1. The lowest BCUT2D eigenvalue weighted by atomic mass is 10.0. The van der Waals surface area contributed by atoms with Crippen LogP contribution in [0.4, 0.5) is 0 Å². The number of ether oxygens (including phenoxy) is 1. The van der Waals surface area contributed by atoms with E-state index < -0.39 is 11.2 Å². The van der Waals surface area contributed by atoms with Crippen molar-refractivity contribution in [2.24, 2.45) is 0 Å². The predicted octanol–water partition coefficient (Wildman–Crippen LogP) is 3.21. The minimum atomic E-state index is -0.589. The molecule has 4 rings (SSSR count). The van der Waals surface area contributed by atoms with Gasteiger partial charge in [-0.1, -0.05) is 25.1 Å². The van der Waals surface area contributed by atoms with E-state index in [0.717, 1.165) is 24.1 Å². The lowest BCUT2D eigenvalue weighted by Crippen LogP contribution is -2.35. The molecule has 0 saturated heterocycles. The van der Waals surface area contributed by atoms with Gasteiger partial charge in [-0.3, -0.25) is 19.1 Å². The van der Waals surface area contributed by atoms with Gasteiger partial charge in [-0.2, -0.15) is 0 Å². The summed E-state index contributed by atoms with van der Waals surface area (Å²) in [5, 5.41) is 0.159. The molecule has 3 aromatic rings. The molecule has 1 unspecified atom stereocenters. The molecule has 1 aliphatic carbocycles. The number of carbonyl (C=O) groups is 1. The minimum Gasteiger partial charge on any atom is -0.496 e.